The first-order valence-corrected chi connectivity index (χ1v) is 8.87. The highest BCUT2D eigenvalue weighted by Gasteiger charge is 2.22. The smallest absolute Gasteiger partial charge is 0.328 e. The van der Waals surface area contributed by atoms with Crippen LogP contribution in [0.3, 0.4) is 0 Å². The maximum Gasteiger partial charge on any atom is 0.328 e. The van der Waals surface area contributed by atoms with Crippen molar-refractivity contribution in [2.24, 2.45) is 0 Å². The molecule has 1 heterocycles. The Bertz CT molecular complexity index is 838. The van der Waals surface area contributed by atoms with E-state index < -0.39 is 16.1 Å². The predicted octanol–water partition coefficient (Wildman–Crippen LogP) is 1.71. The Balaban J connectivity index is 0.00000312. The molecule has 0 bridgehead atoms. The van der Waals surface area contributed by atoms with Crippen molar-refractivity contribution < 1.29 is 18.7 Å². The molecular weight excluding hydrogens is 344 g/mol. The number of sulfonamides is 1. The summed E-state index contributed by atoms with van der Waals surface area (Å²) in [6.07, 6.45) is 2.68. The summed E-state index contributed by atoms with van der Waals surface area (Å²) in [7, 11) is -4.05. The number of carbonyl (C=O) groups excluding carboxylic acids is 1. The van der Waals surface area contributed by atoms with E-state index in [1.165, 1.54) is 18.5 Å². The fourth-order valence-corrected chi connectivity index (χ4v) is 3.07. The highest BCUT2D eigenvalue weighted by atomic mass is 32.2. The second-order valence-electron chi connectivity index (χ2n) is 5.60. The number of benzene rings is 1. The first-order chi connectivity index (χ1) is 11.3. The molecule has 0 unspecified atom stereocenters. The van der Waals surface area contributed by atoms with E-state index in [-0.39, 0.29) is 16.4 Å². The maximum atomic E-state index is 12.5. The average Bonchev–Trinajstić information content (AvgIpc) is 2.46. The number of carbonyl (C=O) groups is 1. The molecule has 2 aromatic rings. The fourth-order valence-electron chi connectivity index (χ4n) is 2.04. The number of anilines is 2. The minimum absolute atomic E-state index is 0. The highest BCUT2D eigenvalue weighted by molar-refractivity contribution is 7.90. The third-order valence-corrected chi connectivity index (χ3v) is 4.38. The lowest BCUT2D eigenvalue weighted by Gasteiger charge is -2.14. The van der Waals surface area contributed by atoms with Crippen LogP contribution in [0.4, 0.5) is 16.2 Å². The second-order valence-corrected chi connectivity index (χ2v) is 7.25. The standard InChI is InChI=1S/C16H20N4O3S.H2O/c1-11(2)18-16(21)20-24(22,23)15-10-17-8-7-14(15)19-13-6-4-5-12(3)9-13;/h4-11H,1-3H3,(H,17,19)(H2,18,20,21);1H2. The van der Waals surface area contributed by atoms with E-state index in [0.717, 1.165) is 11.3 Å². The fraction of sp³-hybridized carbons (Fsp3) is 0.250. The van der Waals surface area contributed by atoms with Gasteiger partial charge in [0.05, 0.1) is 5.69 Å². The number of rotatable bonds is 5. The van der Waals surface area contributed by atoms with Crippen LogP contribution >= 0.6 is 0 Å². The van der Waals surface area contributed by atoms with Gasteiger partial charge >= 0.3 is 6.03 Å². The van der Waals surface area contributed by atoms with Crippen LogP contribution in [-0.2, 0) is 10.0 Å². The van der Waals surface area contributed by atoms with Crippen molar-refractivity contribution in [3.05, 3.63) is 48.3 Å². The van der Waals surface area contributed by atoms with Gasteiger partial charge in [0.1, 0.15) is 4.90 Å². The van der Waals surface area contributed by atoms with E-state index in [9.17, 15) is 13.2 Å². The molecule has 9 heteroatoms. The number of pyridine rings is 1. The van der Waals surface area contributed by atoms with Crippen LogP contribution in [0.25, 0.3) is 0 Å². The minimum Gasteiger partial charge on any atom is -0.412 e. The SMILES string of the molecule is Cc1cccc(Nc2ccncc2S(=O)(=O)NC(=O)NC(C)C)c1.O. The number of hydrogen-bond donors (Lipinski definition) is 3. The van der Waals surface area contributed by atoms with E-state index in [2.05, 4.69) is 15.6 Å². The zero-order valence-electron chi connectivity index (χ0n) is 14.2. The van der Waals surface area contributed by atoms with Crippen molar-refractivity contribution in [1.82, 2.24) is 15.0 Å². The number of urea groups is 1. The van der Waals surface area contributed by atoms with Gasteiger partial charge in [0.25, 0.3) is 10.0 Å². The molecule has 2 rings (SSSR count). The summed E-state index contributed by atoms with van der Waals surface area (Å²) in [4.78, 5) is 15.5. The van der Waals surface area contributed by atoms with E-state index in [1.807, 2.05) is 35.9 Å². The molecule has 5 N–H and O–H groups in total. The second kappa shape index (κ2) is 8.45. The van der Waals surface area contributed by atoms with Crippen LogP contribution in [0.15, 0.2) is 47.6 Å². The normalized spacial score (nSPS) is 10.7. The predicted molar refractivity (Wildman–Crippen MR) is 96.3 cm³/mol. The molecule has 0 fully saturated rings. The lowest BCUT2D eigenvalue weighted by molar-refractivity contribution is 0.243. The van der Waals surface area contributed by atoms with Crippen LogP contribution in [0.1, 0.15) is 19.4 Å². The van der Waals surface area contributed by atoms with Gasteiger partial charge in [-0.05, 0) is 44.5 Å². The van der Waals surface area contributed by atoms with Crippen molar-refractivity contribution in [3.63, 3.8) is 0 Å². The van der Waals surface area contributed by atoms with Gasteiger partial charge in [-0.3, -0.25) is 4.98 Å². The minimum atomic E-state index is -4.05. The first kappa shape index (κ1) is 20.4. The summed E-state index contributed by atoms with van der Waals surface area (Å²) < 4.78 is 26.9. The number of hydrogen-bond acceptors (Lipinski definition) is 5. The van der Waals surface area contributed by atoms with Crippen molar-refractivity contribution in [2.75, 3.05) is 5.32 Å². The number of aryl methyl sites for hydroxylation is 1. The van der Waals surface area contributed by atoms with Crippen LogP contribution in [0.2, 0.25) is 0 Å². The van der Waals surface area contributed by atoms with Crippen molar-refractivity contribution >= 4 is 27.4 Å². The molecule has 0 radical (unpaired) electrons. The zero-order valence-corrected chi connectivity index (χ0v) is 15.0. The van der Waals surface area contributed by atoms with E-state index in [0.29, 0.717) is 5.69 Å². The van der Waals surface area contributed by atoms with Gasteiger partial charge in [0, 0.05) is 24.1 Å². The average molecular weight is 366 g/mol. The lowest BCUT2D eigenvalue weighted by atomic mass is 10.2. The molecule has 0 atom stereocenters. The quantitative estimate of drug-likeness (QED) is 0.741. The van der Waals surface area contributed by atoms with Gasteiger partial charge in [0.15, 0.2) is 0 Å². The summed E-state index contributed by atoms with van der Waals surface area (Å²) in [5.41, 5.74) is 2.11. The first-order valence-electron chi connectivity index (χ1n) is 7.39. The van der Waals surface area contributed by atoms with E-state index >= 15 is 0 Å². The summed E-state index contributed by atoms with van der Waals surface area (Å²) in [6, 6.07) is 8.08. The molecule has 2 amide bonds. The molecule has 0 aliphatic rings. The van der Waals surface area contributed by atoms with Gasteiger partial charge in [-0.1, -0.05) is 12.1 Å². The number of amides is 2. The monoisotopic (exact) mass is 366 g/mol. The van der Waals surface area contributed by atoms with Gasteiger partial charge in [-0.2, -0.15) is 0 Å². The Hall–Kier alpha value is -2.65. The molecule has 0 saturated carbocycles. The zero-order chi connectivity index (χ0) is 17.7. The molecule has 1 aromatic carbocycles. The third kappa shape index (κ3) is 5.73. The van der Waals surface area contributed by atoms with Crippen LogP contribution < -0.4 is 15.4 Å². The highest BCUT2D eigenvalue weighted by Crippen LogP contribution is 2.24. The molecule has 8 nitrogen and oxygen atoms in total. The van der Waals surface area contributed by atoms with Crippen LogP contribution in [0.5, 0.6) is 0 Å². The molecular formula is C16H22N4O4S. The van der Waals surface area contributed by atoms with Crippen LogP contribution in [0, 0.1) is 6.92 Å². The van der Waals surface area contributed by atoms with Crippen molar-refractivity contribution in [1.29, 1.82) is 0 Å². The third-order valence-electron chi connectivity index (χ3n) is 3.02. The largest absolute Gasteiger partial charge is 0.412 e. The summed E-state index contributed by atoms with van der Waals surface area (Å²) in [6.45, 7) is 5.41. The lowest BCUT2D eigenvalue weighted by Crippen LogP contribution is -2.42. The van der Waals surface area contributed by atoms with E-state index in [4.69, 9.17) is 0 Å². The molecule has 0 saturated heterocycles. The summed E-state index contributed by atoms with van der Waals surface area (Å²) in [5.74, 6) is 0. The Kier molecular flexibility index (Phi) is 6.89. The van der Waals surface area contributed by atoms with Gasteiger partial charge in [-0.25, -0.2) is 17.9 Å². The molecule has 136 valence electrons. The van der Waals surface area contributed by atoms with Crippen molar-refractivity contribution in [2.45, 2.75) is 31.7 Å². The summed E-state index contributed by atoms with van der Waals surface area (Å²) in [5, 5.41) is 5.52. The number of aromatic nitrogens is 1. The topological polar surface area (TPSA) is 132 Å². The molecule has 1 aromatic heterocycles. The van der Waals surface area contributed by atoms with Crippen molar-refractivity contribution in [3.8, 4) is 0 Å². The van der Waals surface area contributed by atoms with Crippen LogP contribution in [-0.4, -0.2) is 31.0 Å². The molecule has 0 aliphatic heterocycles. The molecule has 0 spiro atoms. The maximum absolute atomic E-state index is 12.5. The molecule has 25 heavy (non-hydrogen) atoms. The number of nitrogens with zero attached hydrogens (tertiary/aromatic N) is 1. The Labute approximate surface area is 147 Å². The van der Waals surface area contributed by atoms with Gasteiger partial charge in [0.2, 0.25) is 0 Å². The van der Waals surface area contributed by atoms with E-state index in [1.54, 1.807) is 13.8 Å². The van der Waals surface area contributed by atoms with Gasteiger partial charge in [-0.15, -0.1) is 0 Å². The van der Waals surface area contributed by atoms with Gasteiger partial charge < -0.3 is 16.1 Å². The Morgan fingerprint density at radius 2 is 1.92 bits per heavy atom. The Morgan fingerprint density at radius 1 is 1.20 bits per heavy atom. The Morgan fingerprint density at radius 3 is 2.56 bits per heavy atom. The molecule has 0 aliphatic carbocycles. The number of nitrogens with one attached hydrogen (secondary N) is 3. The summed E-state index contributed by atoms with van der Waals surface area (Å²) >= 11 is 0.